The highest BCUT2D eigenvalue weighted by molar-refractivity contribution is 5.20. The standard InChI is InChI=1S/C16H30N2O3/c1-5-19-9-7-18(8-10-20-6-2)13-15-11-14(3)16(21-15)12-17-4/h11,17H,5-10,12-13H2,1-4H3. The molecule has 0 amide bonds. The summed E-state index contributed by atoms with van der Waals surface area (Å²) in [7, 11) is 1.93. The molecule has 0 spiro atoms. The van der Waals surface area contributed by atoms with Crippen molar-refractivity contribution in [1.82, 2.24) is 10.2 Å². The summed E-state index contributed by atoms with van der Waals surface area (Å²) in [5.74, 6) is 2.02. The lowest BCUT2D eigenvalue weighted by Crippen LogP contribution is -2.30. The second-order valence-electron chi connectivity index (χ2n) is 5.02. The van der Waals surface area contributed by atoms with Gasteiger partial charge in [0.15, 0.2) is 0 Å². The van der Waals surface area contributed by atoms with Gasteiger partial charge in [-0.05, 0) is 39.4 Å². The molecule has 0 bridgehead atoms. The van der Waals surface area contributed by atoms with Gasteiger partial charge in [0.2, 0.25) is 0 Å². The third kappa shape index (κ3) is 7.09. The minimum Gasteiger partial charge on any atom is -0.463 e. The van der Waals surface area contributed by atoms with Gasteiger partial charge in [0, 0.05) is 26.3 Å². The van der Waals surface area contributed by atoms with Gasteiger partial charge < -0.3 is 19.2 Å². The van der Waals surface area contributed by atoms with Crippen molar-refractivity contribution >= 4 is 0 Å². The molecule has 1 aromatic heterocycles. The third-order valence-electron chi connectivity index (χ3n) is 3.30. The Labute approximate surface area is 128 Å². The van der Waals surface area contributed by atoms with E-state index in [2.05, 4.69) is 23.2 Å². The first-order valence-electron chi connectivity index (χ1n) is 7.81. The number of ether oxygens (including phenoxy) is 2. The summed E-state index contributed by atoms with van der Waals surface area (Å²) in [4.78, 5) is 2.31. The molecule has 5 nitrogen and oxygen atoms in total. The van der Waals surface area contributed by atoms with E-state index >= 15 is 0 Å². The first kappa shape index (κ1) is 18.2. The van der Waals surface area contributed by atoms with Crippen molar-refractivity contribution in [2.45, 2.75) is 33.9 Å². The molecule has 1 N–H and O–H groups in total. The molecule has 0 aliphatic heterocycles. The van der Waals surface area contributed by atoms with E-state index in [0.717, 1.165) is 64.1 Å². The molecule has 0 saturated carbocycles. The van der Waals surface area contributed by atoms with Crippen molar-refractivity contribution in [2.75, 3.05) is 46.6 Å². The van der Waals surface area contributed by atoms with E-state index in [4.69, 9.17) is 13.9 Å². The highest BCUT2D eigenvalue weighted by atomic mass is 16.5. The zero-order valence-corrected chi connectivity index (χ0v) is 13.9. The van der Waals surface area contributed by atoms with E-state index in [0.29, 0.717) is 0 Å². The molecule has 1 aromatic rings. The summed E-state index contributed by atoms with van der Waals surface area (Å²) < 4.78 is 16.8. The highest BCUT2D eigenvalue weighted by Crippen LogP contribution is 2.16. The maximum atomic E-state index is 5.91. The van der Waals surface area contributed by atoms with E-state index in [1.165, 1.54) is 5.56 Å². The van der Waals surface area contributed by atoms with Gasteiger partial charge in [-0.25, -0.2) is 0 Å². The van der Waals surface area contributed by atoms with Crippen molar-refractivity contribution < 1.29 is 13.9 Å². The van der Waals surface area contributed by atoms with Crippen LogP contribution < -0.4 is 5.32 Å². The topological polar surface area (TPSA) is 46.9 Å². The Bertz CT molecular complexity index is 370. The Kier molecular flexibility index (Phi) is 9.34. The summed E-state index contributed by atoms with van der Waals surface area (Å²) in [5.41, 5.74) is 1.20. The molecule has 1 rings (SSSR count). The van der Waals surface area contributed by atoms with Gasteiger partial charge >= 0.3 is 0 Å². The van der Waals surface area contributed by atoms with Gasteiger partial charge in [-0.1, -0.05) is 0 Å². The van der Waals surface area contributed by atoms with Crippen molar-refractivity contribution in [3.63, 3.8) is 0 Å². The van der Waals surface area contributed by atoms with Crippen LogP contribution in [0, 0.1) is 6.92 Å². The number of nitrogens with one attached hydrogen (secondary N) is 1. The van der Waals surface area contributed by atoms with Gasteiger partial charge in [0.05, 0.1) is 26.3 Å². The molecule has 5 heteroatoms. The number of rotatable bonds is 12. The molecule has 0 atom stereocenters. The van der Waals surface area contributed by atoms with Crippen LogP contribution in [0.15, 0.2) is 10.5 Å². The highest BCUT2D eigenvalue weighted by Gasteiger charge is 2.11. The van der Waals surface area contributed by atoms with Crippen LogP contribution in [0.4, 0.5) is 0 Å². The average molecular weight is 298 g/mol. The zero-order chi connectivity index (χ0) is 15.5. The minimum absolute atomic E-state index is 0.742. The van der Waals surface area contributed by atoms with E-state index < -0.39 is 0 Å². The number of nitrogens with zero attached hydrogens (tertiary/aromatic N) is 1. The number of furan rings is 1. The fourth-order valence-corrected chi connectivity index (χ4v) is 2.17. The lowest BCUT2D eigenvalue weighted by Gasteiger charge is -2.20. The molecule has 21 heavy (non-hydrogen) atoms. The lowest BCUT2D eigenvalue weighted by atomic mass is 10.2. The first-order chi connectivity index (χ1) is 10.2. The molecular formula is C16H30N2O3. The fourth-order valence-electron chi connectivity index (χ4n) is 2.17. The Morgan fingerprint density at radius 3 is 2.29 bits per heavy atom. The van der Waals surface area contributed by atoms with Crippen LogP contribution in [0.2, 0.25) is 0 Å². The lowest BCUT2D eigenvalue weighted by molar-refractivity contribution is 0.0767. The Balaban J connectivity index is 2.54. The van der Waals surface area contributed by atoms with Gasteiger partial charge in [0.25, 0.3) is 0 Å². The van der Waals surface area contributed by atoms with Crippen LogP contribution in [0.3, 0.4) is 0 Å². The van der Waals surface area contributed by atoms with Crippen molar-refractivity contribution in [3.8, 4) is 0 Å². The maximum absolute atomic E-state index is 5.91. The Hall–Kier alpha value is -0.880. The van der Waals surface area contributed by atoms with Crippen LogP contribution in [0.1, 0.15) is 30.9 Å². The minimum atomic E-state index is 0.742. The smallest absolute Gasteiger partial charge is 0.120 e. The van der Waals surface area contributed by atoms with Crippen molar-refractivity contribution in [1.29, 1.82) is 0 Å². The van der Waals surface area contributed by atoms with Crippen LogP contribution in [0.5, 0.6) is 0 Å². The molecule has 0 aromatic carbocycles. The van der Waals surface area contributed by atoms with Gasteiger partial charge in [-0.3, -0.25) is 4.90 Å². The van der Waals surface area contributed by atoms with E-state index in [1.54, 1.807) is 0 Å². The SMILES string of the molecule is CCOCCN(CCOCC)Cc1cc(C)c(CNC)o1. The summed E-state index contributed by atoms with van der Waals surface area (Å²) in [6.07, 6.45) is 0. The number of aryl methyl sites for hydroxylation is 1. The Morgan fingerprint density at radius 2 is 1.76 bits per heavy atom. The summed E-state index contributed by atoms with van der Waals surface area (Å²) in [5, 5.41) is 3.13. The summed E-state index contributed by atoms with van der Waals surface area (Å²) >= 11 is 0. The first-order valence-corrected chi connectivity index (χ1v) is 7.81. The van der Waals surface area contributed by atoms with E-state index in [9.17, 15) is 0 Å². The number of hydrogen-bond acceptors (Lipinski definition) is 5. The summed E-state index contributed by atoms with van der Waals surface area (Å²) in [6.45, 7) is 12.5. The molecule has 0 radical (unpaired) electrons. The largest absolute Gasteiger partial charge is 0.463 e. The molecule has 0 fully saturated rings. The molecule has 0 aliphatic rings. The molecule has 122 valence electrons. The molecule has 1 heterocycles. The number of hydrogen-bond donors (Lipinski definition) is 1. The van der Waals surface area contributed by atoms with Crippen molar-refractivity contribution in [2.24, 2.45) is 0 Å². The van der Waals surface area contributed by atoms with Gasteiger partial charge in [-0.15, -0.1) is 0 Å². The van der Waals surface area contributed by atoms with Crippen LogP contribution in [-0.2, 0) is 22.6 Å². The third-order valence-corrected chi connectivity index (χ3v) is 3.30. The van der Waals surface area contributed by atoms with Crippen LogP contribution in [0.25, 0.3) is 0 Å². The van der Waals surface area contributed by atoms with E-state index in [1.807, 2.05) is 20.9 Å². The maximum Gasteiger partial charge on any atom is 0.120 e. The monoisotopic (exact) mass is 298 g/mol. The zero-order valence-electron chi connectivity index (χ0n) is 13.9. The predicted octanol–water partition coefficient (Wildman–Crippen LogP) is 2.18. The Morgan fingerprint density at radius 1 is 1.14 bits per heavy atom. The van der Waals surface area contributed by atoms with Gasteiger partial charge in [0.1, 0.15) is 11.5 Å². The predicted molar refractivity (Wildman–Crippen MR) is 84.5 cm³/mol. The second kappa shape index (κ2) is 10.8. The summed E-state index contributed by atoms with van der Waals surface area (Å²) in [6, 6.07) is 2.13. The average Bonchev–Trinajstić information content (AvgIpc) is 2.79. The molecule has 0 aliphatic carbocycles. The molecular weight excluding hydrogens is 268 g/mol. The normalized spacial score (nSPS) is 11.5. The van der Waals surface area contributed by atoms with Crippen molar-refractivity contribution in [3.05, 3.63) is 23.2 Å². The van der Waals surface area contributed by atoms with E-state index in [-0.39, 0.29) is 0 Å². The molecule has 0 saturated heterocycles. The second-order valence-corrected chi connectivity index (χ2v) is 5.02. The molecule has 0 unspecified atom stereocenters. The van der Waals surface area contributed by atoms with Gasteiger partial charge in [-0.2, -0.15) is 0 Å². The quantitative estimate of drug-likeness (QED) is 0.599. The van der Waals surface area contributed by atoms with Crippen LogP contribution >= 0.6 is 0 Å². The van der Waals surface area contributed by atoms with Crippen LogP contribution in [-0.4, -0.2) is 51.5 Å². The fraction of sp³-hybridized carbons (Fsp3) is 0.750.